The molecule has 0 aliphatic carbocycles. The molecule has 0 radical (unpaired) electrons. The van der Waals surface area contributed by atoms with Crippen molar-refractivity contribution in [2.45, 2.75) is 52.7 Å². The number of urea groups is 1. The summed E-state index contributed by atoms with van der Waals surface area (Å²) < 4.78 is 0. The molecule has 100 valence electrons. The summed E-state index contributed by atoms with van der Waals surface area (Å²) in [5, 5.41) is 12.9. The van der Waals surface area contributed by atoms with E-state index in [1.807, 2.05) is 25.7 Å². The Bertz CT molecular complexity index is 271. The molecule has 0 spiro atoms. The monoisotopic (exact) mass is 242 g/mol. The number of nitrogens with zero attached hydrogens (tertiary/aromatic N) is 1. The minimum Gasteiger partial charge on any atom is -0.390 e. The van der Waals surface area contributed by atoms with Gasteiger partial charge in [-0.2, -0.15) is 0 Å². The third-order valence-electron chi connectivity index (χ3n) is 3.83. The SMILES string of the molecule is CC(C)[C@@H](C)NC(=O)N1CCC(C(C)(C)O)C1. The van der Waals surface area contributed by atoms with Gasteiger partial charge in [0.15, 0.2) is 0 Å². The van der Waals surface area contributed by atoms with E-state index in [0.29, 0.717) is 12.5 Å². The van der Waals surface area contributed by atoms with Crippen molar-refractivity contribution >= 4 is 6.03 Å². The number of nitrogens with one attached hydrogen (secondary N) is 1. The van der Waals surface area contributed by atoms with E-state index in [1.165, 1.54) is 0 Å². The van der Waals surface area contributed by atoms with Gasteiger partial charge in [-0.25, -0.2) is 4.79 Å². The van der Waals surface area contributed by atoms with Crippen LogP contribution in [0, 0.1) is 11.8 Å². The highest BCUT2D eigenvalue weighted by Gasteiger charge is 2.35. The first-order valence-corrected chi connectivity index (χ1v) is 6.49. The van der Waals surface area contributed by atoms with Crippen LogP contribution in [0.4, 0.5) is 4.79 Å². The third kappa shape index (κ3) is 3.87. The molecule has 1 rings (SSSR count). The van der Waals surface area contributed by atoms with Crippen LogP contribution in [-0.4, -0.2) is 40.8 Å². The minimum atomic E-state index is -0.696. The summed E-state index contributed by atoms with van der Waals surface area (Å²) in [7, 11) is 0. The lowest BCUT2D eigenvalue weighted by Gasteiger charge is -2.26. The number of hydrogen-bond acceptors (Lipinski definition) is 2. The van der Waals surface area contributed by atoms with Crippen LogP contribution in [0.1, 0.15) is 41.0 Å². The molecule has 17 heavy (non-hydrogen) atoms. The Morgan fingerprint density at radius 1 is 1.41 bits per heavy atom. The van der Waals surface area contributed by atoms with Gasteiger partial charge in [-0.3, -0.25) is 0 Å². The van der Waals surface area contributed by atoms with Crippen LogP contribution in [0.5, 0.6) is 0 Å². The predicted molar refractivity (Wildman–Crippen MR) is 68.8 cm³/mol. The third-order valence-corrected chi connectivity index (χ3v) is 3.83. The summed E-state index contributed by atoms with van der Waals surface area (Å²) in [4.78, 5) is 13.8. The first-order chi connectivity index (χ1) is 7.71. The molecule has 1 fully saturated rings. The Labute approximate surface area is 104 Å². The van der Waals surface area contributed by atoms with E-state index in [1.54, 1.807) is 0 Å². The minimum absolute atomic E-state index is 0.00190. The molecule has 4 nitrogen and oxygen atoms in total. The Morgan fingerprint density at radius 3 is 2.41 bits per heavy atom. The molecule has 2 atom stereocenters. The van der Waals surface area contributed by atoms with E-state index >= 15 is 0 Å². The van der Waals surface area contributed by atoms with Gasteiger partial charge in [-0.15, -0.1) is 0 Å². The fraction of sp³-hybridized carbons (Fsp3) is 0.923. The van der Waals surface area contributed by atoms with Crippen LogP contribution < -0.4 is 5.32 Å². The number of rotatable bonds is 3. The van der Waals surface area contributed by atoms with Crippen LogP contribution in [0.3, 0.4) is 0 Å². The number of carbonyl (C=O) groups excluding carboxylic acids is 1. The van der Waals surface area contributed by atoms with Gasteiger partial charge in [0.2, 0.25) is 0 Å². The lowest BCUT2D eigenvalue weighted by molar-refractivity contribution is 0.0225. The molecule has 4 heteroatoms. The number of likely N-dealkylation sites (tertiary alicyclic amines) is 1. The Morgan fingerprint density at radius 2 is 2.00 bits per heavy atom. The number of hydrogen-bond donors (Lipinski definition) is 2. The molecular weight excluding hydrogens is 216 g/mol. The maximum Gasteiger partial charge on any atom is 0.317 e. The summed E-state index contributed by atoms with van der Waals surface area (Å²) in [6.07, 6.45) is 0.882. The highest BCUT2D eigenvalue weighted by atomic mass is 16.3. The van der Waals surface area contributed by atoms with E-state index in [4.69, 9.17) is 0 Å². The van der Waals surface area contributed by atoms with E-state index in [2.05, 4.69) is 19.2 Å². The highest BCUT2D eigenvalue weighted by molar-refractivity contribution is 5.74. The molecule has 1 saturated heterocycles. The molecule has 1 aliphatic rings. The van der Waals surface area contributed by atoms with Crippen molar-refractivity contribution in [2.24, 2.45) is 11.8 Å². The van der Waals surface area contributed by atoms with E-state index in [0.717, 1.165) is 13.0 Å². The van der Waals surface area contributed by atoms with Crippen molar-refractivity contribution in [1.29, 1.82) is 0 Å². The van der Waals surface area contributed by atoms with E-state index in [-0.39, 0.29) is 18.0 Å². The molecule has 2 amide bonds. The van der Waals surface area contributed by atoms with Gasteiger partial charge in [0.05, 0.1) is 5.60 Å². The molecular formula is C13H26N2O2. The second kappa shape index (κ2) is 5.25. The van der Waals surface area contributed by atoms with Gasteiger partial charge in [-0.05, 0) is 33.1 Å². The van der Waals surface area contributed by atoms with Crippen LogP contribution in [0.2, 0.25) is 0 Å². The maximum atomic E-state index is 12.0. The van der Waals surface area contributed by atoms with Crippen molar-refractivity contribution in [3.05, 3.63) is 0 Å². The molecule has 0 saturated carbocycles. The van der Waals surface area contributed by atoms with Crippen LogP contribution in [0.25, 0.3) is 0 Å². The summed E-state index contributed by atoms with van der Waals surface area (Å²) in [5.74, 6) is 0.620. The molecule has 0 bridgehead atoms. The van der Waals surface area contributed by atoms with Crippen LogP contribution >= 0.6 is 0 Å². The number of amides is 2. The normalized spacial score (nSPS) is 23.0. The molecule has 1 heterocycles. The maximum absolute atomic E-state index is 12.0. The fourth-order valence-corrected chi connectivity index (χ4v) is 1.97. The van der Waals surface area contributed by atoms with Crippen LogP contribution in [-0.2, 0) is 0 Å². The first kappa shape index (κ1) is 14.3. The summed E-state index contributed by atoms with van der Waals surface area (Å²) in [6.45, 7) is 11.2. The topological polar surface area (TPSA) is 52.6 Å². The van der Waals surface area contributed by atoms with Crippen molar-refractivity contribution in [1.82, 2.24) is 10.2 Å². The van der Waals surface area contributed by atoms with Gasteiger partial charge >= 0.3 is 6.03 Å². The predicted octanol–water partition coefficient (Wildman–Crippen LogP) is 1.83. The summed E-state index contributed by atoms with van der Waals surface area (Å²) in [5.41, 5.74) is -0.696. The van der Waals surface area contributed by atoms with Crippen molar-refractivity contribution in [3.8, 4) is 0 Å². The summed E-state index contributed by atoms with van der Waals surface area (Å²) in [6, 6.07) is 0.182. The molecule has 2 N–H and O–H groups in total. The Kier molecular flexibility index (Phi) is 4.42. The average Bonchev–Trinajstić information content (AvgIpc) is 2.65. The van der Waals surface area contributed by atoms with E-state index < -0.39 is 5.60 Å². The average molecular weight is 242 g/mol. The molecule has 1 aliphatic heterocycles. The van der Waals surface area contributed by atoms with Crippen molar-refractivity contribution in [2.75, 3.05) is 13.1 Å². The lowest BCUT2D eigenvalue weighted by atomic mass is 9.91. The second-order valence-corrected chi connectivity index (χ2v) is 6.07. The van der Waals surface area contributed by atoms with Gasteiger partial charge < -0.3 is 15.3 Å². The van der Waals surface area contributed by atoms with Crippen LogP contribution in [0.15, 0.2) is 0 Å². The van der Waals surface area contributed by atoms with Gasteiger partial charge in [0, 0.05) is 25.0 Å². The van der Waals surface area contributed by atoms with Gasteiger partial charge in [0.25, 0.3) is 0 Å². The second-order valence-electron chi connectivity index (χ2n) is 6.07. The van der Waals surface area contributed by atoms with E-state index in [9.17, 15) is 9.90 Å². The molecule has 0 aromatic heterocycles. The lowest BCUT2D eigenvalue weighted by Crippen LogP contribution is -2.45. The molecule has 0 aromatic carbocycles. The quantitative estimate of drug-likeness (QED) is 0.793. The smallest absolute Gasteiger partial charge is 0.317 e. The van der Waals surface area contributed by atoms with Crippen molar-refractivity contribution < 1.29 is 9.90 Å². The highest BCUT2D eigenvalue weighted by Crippen LogP contribution is 2.26. The largest absolute Gasteiger partial charge is 0.390 e. The zero-order valence-electron chi connectivity index (χ0n) is 11.7. The first-order valence-electron chi connectivity index (χ1n) is 6.49. The number of carbonyl (C=O) groups is 1. The Balaban J connectivity index is 2.46. The fourth-order valence-electron chi connectivity index (χ4n) is 1.97. The van der Waals surface area contributed by atoms with Gasteiger partial charge in [-0.1, -0.05) is 13.8 Å². The zero-order chi connectivity index (χ0) is 13.2. The summed E-state index contributed by atoms with van der Waals surface area (Å²) >= 11 is 0. The van der Waals surface area contributed by atoms with Gasteiger partial charge in [0.1, 0.15) is 0 Å². The number of aliphatic hydroxyl groups is 1. The zero-order valence-corrected chi connectivity index (χ0v) is 11.7. The molecule has 0 aromatic rings. The Hall–Kier alpha value is -0.770. The standard InChI is InChI=1S/C13H26N2O2/c1-9(2)10(3)14-12(16)15-7-6-11(8-15)13(4,5)17/h9-11,17H,6-8H2,1-5H3,(H,14,16)/t10-,11?/m1/s1. The van der Waals surface area contributed by atoms with Crippen molar-refractivity contribution in [3.63, 3.8) is 0 Å². The molecule has 1 unspecified atom stereocenters.